The summed E-state index contributed by atoms with van der Waals surface area (Å²) >= 11 is 3.31. The van der Waals surface area contributed by atoms with Gasteiger partial charge < -0.3 is 0 Å². The number of rotatable bonds is 2. The quantitative estimate of drug-likeness (QED) is 0.779. The number of halogens is 1. The molecule has 21 heavy (non-hydrogen) atoms. The molecule has 0 unspecified atom stereocenters. The minimum Gasteiger partial charge on any atom is -0.296 e. The Morgan fingerprint density at radius 1 is 1.19 bits per heavy atom. The lowest BCUT2D eigenvalue weighted by Gasteiger charge is -2.00. The Morgan fingerprint density at radius 2 is 1.95 bits per heavy atom. The molecule has 0 bridgehead atoms. The van der Waals surface area contributed by atoms with Crippen molar-refractivity contribution in [2.45, 2.75) is 0 Å². The molecule has 5 nitrogen and oxygen atoms in total. The van der Waals surface area contributed by atoms with Crippen LogP contribution in [0.1, 0.15) is 5.56 Å². The van der Waals surface area contributed by atoms with Gasteiger partial charge in [0, 0.05) is 16.9 Å². The zero-order valence-electron chi connectivity index (χ0n) is 10.7. The van der Waals surface area contributed by atoms with Crippen molar-refractivity contribution in [1.82, 2.24) is 14.8 Å². The van der Waals surface area contributed by atoms with Gasteiger partial charge in [0.05, 0.1) is 17.2 Å². The summed E-state index contributed by atoms with van der Waals surface area (Å²) in [6.45, 7) is 0. The molecule has 2 heterocycles. The molecule has 0 saturated carbocycles. The van der Waals surface area contributed by atoms with Gasteiger partial charge in [-0.25, -0.2) is 9.67 Å². The summed E-state index contributed by atoms with van der Waals surface area (Å²) in [5.74, 6) is 0.517. The fourth-order valence-corrected chi connectivity index (χ4v) is 2.21. The number of nitriles is 1. The van der Waals surface area contributed by atoms with E-state index < -0.39 is 0 Å². The van der Waals surface area contributed by atoms with E-state index in [0.717, 1.165) is 10.0 Å². The Hall–Kier alpha value is -2.65. The molecule has 0 aliphatic rings. The molecule has 1 aromatic carbocycles. The van der Waals surface area contributed by atoms with Crippen LogP contribution in [0.25, 0.3) is 16.9 Å². The maximum Gasteiger partial charge on any atom is 0.280 e. The molecular weight excluding hydrogens is 332 g/mol. The molecule has 0 spiro atoms. The summed E-state index contributed by atoms with van der Waals surface area (Å²) < 4.78 is 2.22. The Morgan fingerprint density at radius 3 is 2.57 bits per heavy atom. The van der Waals surface area contributed by atoms with Crippen molar-refractivity contribution in [2.75, 3.05) is 0 Å². The topological polar surface area (TPSA) is 74.5 Å². The fourth-order valence-electron chi connectivity index (χ4n) is 1.97. The van der Waals surface area contributed by atoms with Gasteiger partial charge >= 0.3 is 0 Å². The van der Waals surface area contributed by atoms with Gasteiger partial charge in [0.25, 0.3) is 5.56 Å². The van der Waals surface area contributed by atoms with Gasteiger partial charge in [0.1, 0.15) is 0 Å². The average Bonchev–Trinajstić information content (AvgIpc) is 2.90. The number of aromatic amines is 1. The third-order valence-electron chi connectivity index (χ3n) is 3.04. The molecule has 6 heteroatoms. The number of aromatic nitrogens is 3. The SMILES string of the molecule is N#Cc1ccc(-c2c[nH]n(-c3ccc(Br)cn3)c2=O)cc1. The summed E-state index contributed by atoms with van der Waals surface area (Å²) in [5, 5.41) is 11.7. The minimum absolute atomic E-state index is 0.186. The molecule has 0 radical (unpaired) electrons. The maximum absolute atomic E-state index is 12.4. The van der Waals surface area contributed by atoms with Crippen LogP contribution in [0.4, 0.5) is 0 Å². The van der Waals surface area contributed by atoms with Crippen LogP contribution in [0, 0.1) is 11.3 Å². The molecule has 0 fully saturated rings. The summed E-state index contributed by atoms with van der Waals surface area (Å²) in [4.78, 5) is 16.6. The number of pyridine rings is 1. The van der Waals surface area contributed by atoms with Crippen molar-refractivity contribution in [3.63, 3.8) is 0 Å². The van der Waals surface area contributed by atoms with E-state index in [1.165, 1.54) is 4.68 Å². The average molecular weight is 341 g/mol. The van der Waals surface area contributed by atoms with Crippen LogP contribution < -0.4 is 5.56 Å². The molecule has 0 atom stereocenters. The van der Waals surface area contributed by atoms with Crippen LogP contribution in [-0.4, -0.2) is 14.8 Å². The van der Waals surface area contributed by atoms with Crippen molar-refractivity contribution >= 4 is 15.9 Å². The molecule has 102 valence electrons. The number of nitrogens with one attached hydrogen (secondary N) is 1. The van der Waals surface area contributed by atoms with E-state index in [9.17, 15) is 4.79 Å². The maximum atomic E-state index is 12.4. The molecule has 0 amide bonds. The van der Waals surface area contributed by atoms with Crippen LogP contribution >= 0.6 is 15.9 Å². The number of hydrogen-bond donors (Lipinski definition) is 1. The van der Waals surface area contributed by atoms with Crippen LogP contribution in [0.15, 0.2) is 58.1 Å². The zero-order valence-corrected chi connectivity index (χ0v) is 12.3. The van der Waals surface area contributed by atoms with Gasteiger partial charge in [0.15, 0.2) is 5.82 Å². The standard InChI is InChI=1S/C15H9BrN4O/c16-12-5-6-14(18-8-12)20-15(21)13(9-19-20)11-3-1-10(7-17)2-4-11/h1-6,8-9,19H. The van der Waals surface area contributed by atoms with Gasteiger partial charge in [-0.3, -0.25) is 9.89 Å². The third kappa shape index (κ3) is 2.51. The Labute approximate surface area is 128 Å². The fraction of sp³-hybridized carbons (Fsp3) is 0. The van der Waals surface area contributed by atoms with E-state index in [-0.39, 0.29) is 5.56 Å². The molecule has 1 N–H and O–H groups in total. The van der Waals surface area contributed by atoms with E-state index >= 15 is 0 Å². The molecule has 0 aliphatic heterocycles. The van der Waals surface area contributed by atoms with Crippen LogP contribution in [0.5, 0.6) is 0 Å². The number of hydrogen-bond acceptors (Lipinski definition) is 3. The summed E-state index contributed by atoms with van der Waals surface area (Å²) in [5.41, 5.74) is 1.66. The first kappa shape index (κ1) is 13.3. The van der Waals surface area contributed by atoms with E-state index in [4.69, 9.17) is 5.26 Å². The van der Waals surface area contributed by atoms with Crippen LogP contribution in [0.2, 0.25) is 0 Å². The van der Waals surface area contributed by atoms with Crippen molar-refractivity contribution in [2.24, 2.45) is 0 Å². The predicted octanol–water partition coefficient (Wildman–Crippen LogP) is 2.86. The first-order valence-electron chi connectivity index (χ1n) is 6.12. The highest BCUT2D eigenvalue weighted by atomic mass is 79.9. The molecule has 0 saturated heterocycles. The molecule has 3 aromatic rings. The second-order valence-corrected chi connectivity index (χ2v) is 5.27. The van der Waals surface area contributed by atoms with Crippen molar-refractivity contribution in [1.29, 1.82) is 5.26 Å². The summed E-state index contributed by atoms with van der Waals surface area (Å²) in [7, 11) is 0. The highest BCUT2D eigenvalue weighted by molar-refractivity contribution is 9.10. The molecule has 0 aliphatic carbocycles. The highest BCUT2D eigenvalue weighted by Gasteiger charge is 2.10. The van der Waals surface area contributed by atoms with E-state index in [0.29, 0.717) is 16.9 Å². The predicted molar refractivity (Wildman–Crippen MR) is 82.0 cm³/mol. The smallest absolute Gasteiger partial charge is 0.280 e. The summed E-state index contributed by atoms with van der Waals surface area (Å²) in [6, 6.07) is 12.5. The van der Waals surface area contributed by atoms with E-state index in [2.05, 4.69) is 32.1 Å². The highest BCUT2D eigenvalue weighted by Crippen LogP contribution is 2.16. The van der Waals surface area contributed by atoms with Gasteiger partial charge in [-0.15, -0.1) is 0 Å². The third-order valence-corrected chi connectivity index (χ3v) is 3.51. The molecular formula is C15H9BrN4O. The lowest BCUT2D eigenvalue weighted by Crippen LogP contribution is -2.16. The normalized spacial score (nSPS) is 10.3. The van der Waals surface area contributed by atoms with E-state index in [1.54, 1.807) is 42.7 Å². The number of nitrogens with zero attached hydrogens (tertiary/aromatic N) is 3. The van der Waals surface area contributed by atoms with Crippen LogP contribution in [-0.2, 0) is 0 Å². The second kappa shape index (κ2) is 5.38. The second-order valence-electron chi connectivity index (χ2n) is 4.35. The van der Waals surface area contributed by atoms with Crippen LogP contribution in [0.3, 0.4) is 0 Å². The minimum atomic E-state index is -0.186. The van der Waals surface area contributed by atoms with Gasteiger partial charge in [0.2, 0.25) is 0 Å². The number of H-pyrrole nitrogens is 1. The molecule has 2 aromatic heterocycles. The Bertz CT molecular complexity index is 870. The van der Waals surface area contributed by atoms with Gasteiger partial charge in [-0.05, 0) is 45.8 Å². The van der Waals surface area contributed by atoms with Crippen molar-refractivity contribution in [3.8, 4) is 23.0 Å². The van der Waals surface area contributed by atoms with Crippen molar-refractivity contribution < 1.29 is 0 Å². The Balaban J connectivity index is 2.04. The largest absolute Gasteiger partial charge is 0.296 e. The first-order valence-corrected chi connectivity index (χ1v) is 6.91. The monoisotopic (exact) mass is 340 g/mol. The molecule has 3 rings (SSSR count). The Kier molecular flexibility index (Phi) is 3.42. The lowest BCUT2D eigenvalue weighted by atomic mass is 10.1. The zero-order chi connectivity index (χ0) is 14.8. The lowest BCUT2D eigenvalue weighted by molar-refractivity contribution is 0.818. The number of benzene rings is 1. The summed E-state index contributed by atoms with van der Waals surface area (Å²) in [6.07, 6.45) is 3.26. The first-order chi connectivity index (χ1) is 10.2. The van der Waals surface area contributed by atoms with E-state index in [1.807, 2.05) is 6.07 Å². The van der Waals surface area contributed by atoms with Gasteiger partial charge in [-0.1, -0.05) is 12.1 Å². The van der Waals surface area contributed by atoms with Crippen molar-refractivity contribution in [3.05, 3.63) is 69.2 Å². The van der Waals surface area contributed by atoms with Gasteiger partial charge in [-0.2, -0.15) is 5.26 Å².